The van der Waals surface area contributed by atoms with E-state index in [4.69, 9.17) is 9.16 Å². The molecular formula is C17H39NO3SSi. The number of thiol groups is 1. The van der Waals surface area contributed by atoms with Gasteiger partial charge < -0.3 is 9.16 Å². The molecule has 1 aliphatic heterocycles. The van der Waals surface area contributed by atoms with Gasteiger partial charge >= 0.3 is 6.09 Å². The maximum atomic E-state index is 11.8. The van der Waals surface area contributed by atoms with Crippen molar-refractivity contribution >= 4 is 27.0 Å². The van der Waals surface area contributed by atoms with Crippen molar-refractivity contribution in [2.45, 2.75) is 85.2 Å². The lowest BCUT2D eigenvalue weighted by atomic mass is 10.2. The summed E-state index contributed by atoms with van der Waals surface area (Å²) in [6.45, 7) is 22.2. The van der Waals surface area contributed by atoms with E-state index in [1.54, 1.807) is 11.2 Å². The van der Waals surface area contributed by atoms with Crippen LogP contribution in [0.2, 0.25) is 18.1 Å². The first-order valence-corrected chi connectivity index (χ1v) is 12.2. The summed E-state index contributed by atoms with van der Waals surface area (Å²) in [4.78, 5) is 13.5. The molecule has 1 heterocycles. The van der Waals surface area contributed by atoms with Crippen LogP contribution in [0.1, 0.15) is 55.4 Å². The summed E-state index contributed by atoms with van der Waals surface area (Å²) in [6, 6.07) is 0.198. The van der Waals surface area contributed by atoms with Gasteiger partial charge in [0.05, 0.1) is 12.6 Å². The van der Waals surface area contributed by atoms with E-state index in [0.29, 0.717) is 6.61 Å². The highest BCUT2D eigenvalue weighted by atomic mass is 32.1. The molecule has 0 spiro atoms. The van der Waals surface area contributed by atoms with Crippen LogP contribution in [0.5, 0.6) is 0 Å². The molecule has 0 aromatic heterocycles. The molecule has 0 N–H and O–H groups in total. The lowest BCUT2D eigenvalue weighted by Gasteiger charge is -2.36. The third-order valence-corrected chi connectivity index (χ3v) is 8.29. The minimum absolute atomic E-state index is 0.198. The molecule has 1 saturated heterocycles. The lowest BCUT2D eigenvalue weighted by molar-refractivity contribution is 0.0396. The molecule has 1 aliphatic rings. The van der Waals surface area contributed by atoms with Crippen LogP contribution < -0.4 is 0 Å². The molecule has 0 bridgehead atoms. The van der Waals surface area contributed by atoms with E-state index in [1.165, 1.54) is 0 Å². The quantitative estimate of drug-likeness (QED) is 0.424. The third kappa shape index (κ3) is 9.62. The number of amides is 1. The maximum Gasteiger partial charge on any atom is 0.410 e. The van der Waals surface area contributed by atoms with Gasteiger partial charge in [0.2, 0.25) is 0 Å². The summed E-state index contributed by atoms with van der Waals surface area (Å²) in [6.07, 6.45) is 1.47. The van der Waals surface area contributed by atoms with E-state index in [-0.39, 0.29) is 17.2 Å². The van der Waals surface area contributed by atoms with Gasteiger partial charge in [0.25, 0.3) is 0 Å². The van der Waals surface area contributed by atoms with Crippen LogP contribution in [-0.2, 0) is 9.16 Å². The Balaban J connectivity index is 0. The summed E-state index contributed by atoms with van der Waals surface area (Å²) in [5.41, 5.74) is -0.426. The largest absolute Gasteiger partial charge is 0.444 e. The van der Waals surface area contributed by atoms with Crippen LogP contribution in [-0.4, -0.2) is 50.4 Å². The van der Waals surface area contributed by atoms with Crippen molar-refractivity contribution in [3.8, 4) is 0 Å². The van der Waals surface area contributed by atoms with Crippen LogP contribution >= 0.6 is 12.6 Å². The maximum absolute atomic E-state index is 11.8. The van der Waals surface area contributed by atoms with Crippen molar-refractivity contribution < 1.29 is 14.0 Å². The van der Waals surface area contributed by atoms with Gasteiger partial charge in [-0.25, -0.2) is 4.79 Å². The third-order valence-electron chi connectivity index (χ3n) is 3.79. The molecule has 1 rings (SSSR count). The second-order valence-corrected chi connectivity index (χ2v) is 12.7. The second-order valence-electron chi connectivity index (χ2n) is 7.86. The first-order chi connectivity index (χ1) is 10.3. The first-order valence-electron chi connectivity index (χ1n) is 8.42. The fourth-order valence-electron chi connectivity index (χ4n) is 1.39. The molecular weight excluding hydrogens is 326 g/mol. The van der Waals surface area contributed by atoms with Crippen LogP contribution in [0.25, 0.3) is 0 Å². The van der Waals surface area contributed by atoms with Crippen molar-refractivity contribution in [1.82, 2.24) is 4.90 Å². The number of carbonyl (C=O) groups excluding carboxylic acids is 1. The highest BCUT2D eigenvalue weighted by Crippen LogP contribution is 2.37. The van der Waals surface area contributed by atoms with Crippen molar-refractivity contribution in [3.05, 3.63) is 0 Å². The van der Waals surface area contributed by atoms with Gasteiger partial charge in [-0.2, -0.15) is 12.6 Å². The molecule has 0 radical (unpaired) electrons. The molecule has 6 heteroatoms. The average Bonchev–Trinajstić information content (AvgIpc) is 3.18. The zero-order chi connectivity index (χ0) is 19.1. The summed E-state index contributed by atoms with van der Waals surface area (Å²) >= 11 is 3.53. The molecule has 4 nitrogen and oxygen atoms in total. The molecule has 1 atom stereocenters. The topological polar surface area (TPSA) is 38.5 Å². The van der Waals surface area contributed by atoms with Gasteiger partial charge in [-0.05, 0) is 45.2 Å². The fourth-order valence-corrected chi connectivity index (χ4v) is 2.43. The number of hydrogen-bond donors (Lipinski definition) is 1. The Morgan fingerprint density at radius 2 is 1.57 bits per heavy atom. The van der Waals surface area contributed by atoms with Crippen molar-refractivity contribution in [1.29, 1.82) is 0 Å². The Hall–Kier alpha value is -0.203. The van der Waals surface area contributed by atoms with Gasteiger partial charge in [-0.1, -0.05) is 34.6 Å². The van der Waals surface area contributed by atoms with Crippen LogP contribution in [0.4, 0.5) is 4.79 Å². The molecule has 140 valence electrons. The Bertz CT molecular complexity index is 349. The zero-order valence-electron chi connectivity index (χ0n) is 17.1. The summed E-state index contributed by atoms with van der Waals surface area (Å²) in [7, 11) is -1.72. The van der Waals surface area contributed by atoms with E-state index in [2.05, 4.69) is 46.5 Å². The zero-order valence-corrected chi connectivity index (χ0v) is 19.0. The SMILES string of the molecule is CC.CC(C)(C)OC(=O)N1C[C@H]1CO[Si](C)(C)C(C)(C)C.CS. The number of ether oxygens (including phenoxy) is 1. The monoisotopic (exact) mass is 365 g/mol. The van der Waals surface area contributed by atoms with Gasteiger partial charge in [0.1, 0.15) is 5.60 Å². The number of nitrogens with zero attached hydrogens (tertiary/aromatic N) is 1. The van der Waals surface area contributed by atoms with Crippen LogP contribution in [0.15, 0.2) is 0 Å². The predicted octanol–water partition coefficient (Wildman–Crippen LogP) is 5.20. The fraction of sp³-hybridized carbons (Fsp3) is 0.941. The van der Waals surface area contributed by atoms with E-state index >= 15 is 0 Å². The smallest absolute Gasteiger partial charge is 0.410 e. The van der Waals surface area contributed by atoms with Crippen LogP contribution in [0.3, 0.4) is 0 Å². The van der Waals surface area contributed by atoms with E-state index in [9.17, 15) is 4.79 Å². The molecule has 0 aromatic carbocycles. The summed E-state index contributed by atoms with van der Waals surface area (Å²) in [5, 5.41) is 0.207. The molecule has 0 saturated carbocycles. The predicted molar refractivity (Wildman–Crippen MR) is 106 cm³/mol. The molecule has 0 aliphatic carbocycles. The van der Waals surface area contributed by atoms with E-state index < -0.39 is 13.9 Å². The number of rotatable bonds is 3. The minimum atomic E-state index is -1.72. The first kappa shape index (κ1) is 25.0. The van der Waals surface area contributed by atoms with Gasteiger partial charge in [-0.15, -0.1) is 0 Å². The highest BCUT2D eigenvalue weighted by molar-refractivity contribution is 7.79. The Kier molecular flexibility index (Phi) is 10.8. The normalized spacial score (nSPS) is 17.4. The Morgan fingerprint density at radius 1 is 1.13 bits per heavy atom. The lowest BCUT2D eigenvalue weighted by Crippen LogP contribution is -2.42. The highest BCUT2D eigenvalue weighted by Gasteiger charge is 2.44. The van der Waals surface area contributed by atoms with E-state index in [0.717, 1.165) is 6.54 Å². The minimum Gasteiger partial charge on any atom is -0.444 e. The molecule has 1 amide bonds. The van der Waals surface area contributed by atoms with E-state index in [1.807, 2.05) is 34.6 Å². The van der Waals surface area contributed by atoms with Gasteiger partial charge in [0.15, 0.2) is 8.32 Å². The standard InChI is InChI=1S/C14H29NO3Si.C2H6.CH4S/c1-13(2,3)18-12(16)15-9-11(15)10-17-19(7,8)14(4,5)6;2*1-2/h11H,9-10H2,1-8H3;1-2H3;2H,1H3/t11-,15?;;/m0../s1. The van der Waals surface area contributed by atoms with Gasteiger partial charge in [-0.3, -0.25) is 4.90 Å². The molecule has 0 aromatic rings. The average molecular weight is 366 g/mol. The molecule has 23 heavy (non-hydrogen) atoms. The molecule has 1 fully saturated rings. The van der Waals surface area contributed by atoms with Crippen molar-refractivity contribution in [2.24, 2.45) is 0 Å². The van der Waals surface area contributed by atoms with Crippen molar-refractivity contribution in [2.75, 3.05) is 19.4 Å². The Morgan fingerprint density at radius 3 is 1.91 bits per heavy atom. The van der Waals surface area contributed by atoms with Crippen molar-refractivity contribution in [3.63, 3.8) is 0 Å². The van der Waals surface area contributed by atoms with Crippen LogP contribution in [0, 0.1) is 0 Å². The number of carbonyl (C=O) groups is 1. The Labute approximate surface area is 150 Å². The van der Waals surface area contributed by atoms with Gasteiger partial charge in [0, 0.05) is 6.54 Å². The summed E-state index contributed by atoms with van der Waals surface area (Å²) < 4.78 is 11.5. The molecule has 0 unspecified atom stereocenters. The summed E-state index contributed by atoms with van der Waals surface area (Å²) in [5.74, 6) is 0. The second kappa shape index (κ2) is 9.94. The number of hydrogen-bond acceptors (Lipinski definition) is 4.